The van der Waals surface area contributed by atoms with Crippen LogP contribution in [0.3, 0.4) is 0 Å². The van der Waals surface area contributed by atoms with Crippen molar-refractivity contribution in [3.05, 3.63) is 76.8 Å². The number of aromatic nitrogens is 3. The average molecular weight is 319 g/mol. The van der Waals surface area contributed by atoms with E-state index < -0.39 is 0 Å². The lowest BCUT2D eigenvalue weighted by atomic mass is 10.1. The van der Waals surface area contributed by atoms with Crippen molar-refractivity contribution in [3.63, 3.8) is 0 Å². The van der Waals surface area contributed by atoms with Crippen molar-refractivity contribution in [2.45, 2.75) is 13.0 Å². The molecule has 2 aromatic heterocycles. The second-order valence-corrected chi connectivity index (χ2v) is 5.69. The van der Waals surface area contributed by atoms with Gasteiger partial charge in [-0.2, -0.15) is 0 Å². The fraction of sp³-hybridized carbons (Fsp3) is 0.158. The number of ether oxygens (including phenoxy) is 1. The third-order valence-corrected chi connectivity index (χ3v) is 4.24. The quantitative estimate of drug-likeness (QED) is 0.581. The van der Waals surface area contributed by atoms with Gasteiger partial charge in [0.1, 0.15) is 5.75 Å². The van der Waals surface area contributed by atoms with E-state index in [0.29, 0.717) is 11.2 Å². The van der Waals surface area contributed by atoms with Crippen molar-refractivity contribution in [2.24, 2.45) is 0 Å². The monoisotopic (exact) mass is 319 g/mol. The molecule has 0 aliphatic rings. The Balaban J connectivity index is 1.68. The first-order valence-electron chi connectivity index (χ1n) is 7.85. The summed E-state index contributed by atoms with van der Waals surface area (Å²) >= 11 is 0. The molecule has 0 saturated heterocycles. The Labute approximate surface area is 138 Å². The van der Waals surface area contributed by atoms with Gasteiger partial charge in [-0.25, -0.2) is 4.98 Å². The number of aryl methyl sites for hydroxylation is 2. The third-order valence-electron chi connectivity index (χ3n) is 4.24. The van der Waals surface area contributed by atoms with Gasteiger partial charge in [0.2, 0.25) is 5.78 Å². The van der Waals surface area contributed by atoms with E-state index in [9.17, 15) is 4.79 Å². The minimum Gasteiger partial charge on any atom is -0.497 e. The van der Waals surface area contributed by atoms with E-state index in [2.05, 4.69) is 17.1 Å². The first kappa shape index (κ1) is 14.5. The molecule has 0 N–H and O–H groups in total. The standard InChI is InChI=1S/C19H17N3O2/c1-24-15-8-6-14(7-9-15)10-11-21-12-13-22-18(23)16-4-2-3-5-17(16)20-19(21)22/h2-9,12-13H,10-11H2,1H3. The maximum absolute atomic E-state index is 12.5. The molecule has 0 spiro atoms. The van der Waals surface area contributed by atoms with Gasteiger partial charge in [0, 0.05) is 18.9 Å². The molecule has 0 bridgehead atoms. The normalized spacial score (nSPS) is 11.2. The van der Waals surface area contributed by atoms with Crippen LogP contribution in [0.5, 0.6) is 5.75 Å². The van der Waals surface area contributed by atoms with Crippen molar-refractivity contribution in [1.82, 2.24) is 14.0 Å². The smallest absolute Gasteiger partial charge is 0.266 e. The molecule has 5 nitrogen and oxygen atoms in total. The van der Waals surface area contributed by atoms with Crippen LogP contribution in [0, 0.1) is 0 Å². The second-order valence-electron chi connectivity index (χ2n) is 5.69. The molecule has 4 rings (SSSR count). The second kappa shape index (κ2) is 5.85. The van der Waals surface area contributed by atoms with Crippen LogP contribution in [-0.2, 0) is 13.0 Å². The summed E-state index contributed by atoms with van der Waals surface area (Å²) in [5, 5.41) is 0.642. The van der Waals surface area contributed by atoms with Crippen LogP contribution < -0.4 is 10.3 Å². The van der Waals surface area contributed by atoms with E-state index in [1.54, 1.807) is 17.7 Å². The zero-order chi connectivity index (χ0) is 16.5. The molecular weight excluding hydrogens is 302 g/mol. The molecule has 24 heavy (non-hydrogen) atoms. The Bertz CT molecular complexity index is 1060. The molecular formula is C19H17N3O2. The largest absolute Gasteiger partial charge is 0.497 e. The third kappa shape index (κ3) is 2.44. The molecule has 0 saturated carbocycles. The zero-order valence-electron chi connectivity index (χ0n) is 13.3. The molecule has 0 aliphatic heterocycles. The average Bonchev–Trinajstić information content (AvgIpc) is 3.04. The molecule has 0 amide bonds. The predicted octanol–water partition coefficient (Wildman–Crippen LogP) is 2.90. The molecule has 0 radical (unpaired) electrons. The van der Waals surface area contributed by atoms with E-state index in [4.69, 9.17) is 4.74 Å². The minimum atomic E-state index is -0.0289. The molecule has 5 heteroatoms. The fourth-order valence-corrected chi connectivity index (χ4v) is 2.90. The number of rotatable bonds is 4. The number of fused-ring (bicyclic) bond motifs is 2. The Morgan fingerprint density at radius 3 is 2.62 bits per heavy atom. The van der Waals surface area contributed by atoms with Crippen LogP contribution in [-0.4, -0.2) is 21.1 Å². The molecule has 0 aliphatic carbocycles. The van der Waals surface area contributed by atoms with Crippen molar-refractivity contribution >= 4 is 16.7 Å². The Morgan fingerprint density at radius 1 is 1.04 bits per heavy atom. The fourth-order valence-electron chi connectivity index (χ4n) is 2.90. The lowest BCUT2D eigenvalue weighted by Crippen LogP contribution is -2.15. The van der Waals surface area contributed by atoms with E-state index in [-0.39, 0.29) is 5.56 Å². The Kier molecular flexibility index (Phi) is 3.54. The van der Waals surface area contributed by atoms with Gasteiger partial charge in [-0.3, -0.25) is 9.20 Å². The van der Waals surface area contributed by atoms with Gasteiger partial charge >= 0.3 is 0 Å². The molecule has 0 unspecified atom stereocenters. The van der Waals surface area contributed by atoms with Gasteiger partial charge in [0.15, 0.2) is 0 Å². The summed E-state index contributed by atoms with van der Waals surface area (Å²) in [4.78, 5) is 17.2. The summed E-state index contributed by atoms with van der Waals surface area (Å²) in [5.41, 5.74) is 1.91. The van der Waals surface area contributed by atoms with Crippen LogP contribution in [0.15, 0.2) is 65.7 Å². The minimum absolute atomic E-state index is 0.0289. The lowest BCUT2D eigenvalue weighted by Gasteiger charge is -2.06. The van der Waals surface area contributed by atoms with Crippen molar-refractivity contribution in [2.75, 3.05) is 7.11 Å². The predicted molar refractivity (Wildman–Crippen MR) is 93.7 cm³/mol. The highest BCUT2D eigenvalue weighted by atomic mass is 16.5. The molecule has 0 fully saturated rings. The van der Waals surface area contributed by atoms with E-state index >= 15 is 0 Å². The maximum Gasteiger partial charge on any atom is 0.266 e. The van der Waals surface area contributed by atoms with Gasteiger partial charge < -0.3 is 9.30 Å². The first-order chi connectivity index (χ1) is 11.8. The zero-order valence-corrected chi connectivity index (χ0v) is 13.3. The van der Waals surface area contributed by atoms with Crippen LogP contribution in [0.25, 0.3) is 16.7 Å². The van der Waals surface area contributed by atoms with E-state index in [1.807, 2.05) is 47.2 Å². The summed E-state index contributed by atoms with van der Waals surface area (Å²) in [6.45, 7) is 0.758. The summed E-state index contributed by atoms with van der Waals surface area (Å²) in [7, 11) is 1.66. The van der Waals surface area contributed by atoms with Gasteiger partial charge in [-0.05, 0) is 36.2 Å². The summed E-state index contributed by atoms with van der Waals surface area (Å²) < 4.78 is 8.80. The number of imidazole rings is 1. The highest BCUT2D eigenvalue weighted by Gasteiger charge is 2.08. The Hall–Kier alpha value is -3.08. The van der Waals surface area contributed by atoms with Crippen LogP contribution in [0.4, 0.5) is 0 Å². The van der Waals surface area contributed by atoms with Crippen LogP contribution in [0.1, 0.15) is 5.56 Å². The summed E-state index contributed by atoms with van der Waals surface area (Å²) in [6.07, 6.45) is 4.55. The number of nitrogens with zero attached hydrogens (tertiary/aromatic N) is 3. The molecule has 2 heterocycles. The van der Waals surface area contributed by atoms with Gasteiger partial charge in [-0.1, -0.05) is 24.3 Å². The van der Waals surface area contributed by atoms with Crippen LogP contribution >= 0.6 is 0 Å². The topological polar surface area (TPSA) is 48.5 Å². The van der Waals surface area contributed by atoms with Crippen molar-refractivity contribution in [1.29, 1.82) is 0 Å². The number of para-hydroxylation sites is 1. The van der Waals surface area contributed by atoms with Gasteiger partial charge in [0.05, 0.1) is 18.0 Å². The number of hydrogen-bond acceptors (Lipinski definition) is 3. The number of hydrogen-bond donors (Lipinski definition) is 0. The van der Waals surface area contributed by atoms with E-state index in [1.165, 1.54) is 5.56 Å². The summed E-state index contributed by atoms with van der Waals surface area (Å²) in [5.74, 6) is 1.53. The molecule has 4 aromatic rings. The van der Waals surface area contributed by atoms with Crippen LogP contribution in [0.2, 0.25) is 0 Å². The Morgan fingerprint density at radius 2 is 1.83 bits per heavy atom. The summed E-state index contributed by atoms with van der Waals surface area (Å²) in [6, 6.07) is 15.5. The molecule has 2 aromatic carbocycles. The van der Waals surface area contributed by atoms with Crippen molar-refractivity contribution < 1.29 is 4.74 Å². The molecule has 120 valence electrons. The van der Waals surface area contributed by atoms with Gasteiger partial charge in [-0.15, -0.1) is 0 Å². The number of benzene rings is 2. The molecule has 0 atom stereocenters. The first-order valence-corrected chi connectivity index (χ1v) is 7.85. The van der Waals surface area contributed by atoms with E-state index in [0.717, 1.165) is 24.2 Å². The highest BCUT2D eigenvalue weighted by molar-refractivity contribution is 5.78. The lowest BCUT2D eigenvalue weighted by molar-refractivity contribution is 0.414. The maximum atomic E-state index is 12.5. The highest BCUT2D eigenvalue weighted by Crippen LogP contribution is 2.14. The van der Waals surface area contributed by atoms with Gasteiger partial charge in [0.25, 0.3) is 5.56 Å². The number of methoxy groups -OCH3 is 1. The van der Waals surface area contributed by atoms with Crippen molar-refractivity contribution in [3.8, 4) is 5.75 Å². The SMILES string of the molecule is COc1ccc(CCn2ccn3c(=O)c4ccccc4nc23)cc1.